The summed E-state index contributed by atoms with van der Waals surface area (Å²) in [4.78, 5) is 9.33. The van der Waals surface area contributed by atoms with Crippen LogP contribution >= 0.6 is 11.6 Å². The molecule has 1 aliphatic heterocycles. The zero-order valence-electron chi connectivity index (χ0n) is 14.1. The predicted octanol–water partition coefficient (Wildman–Crippen LogP) is 3.62. The molecule has 0 saturated carbocycles. The Bertz CT molecular complexity index is 871. The van der Waals surface area contributed by atoms with Crippen LogP contribution < -0.4 is 5.32 Å². The van der Waals surface area contributed by atoms with Crippen molar-refractivity contribution in [1.29, 1.82) is 0 Å². The van der Waals surface area contributed by atoms with Crippen molar-refractivity contribution in [2.45, 2.75) is 32.3 Å². The number of nitrogens with zero attached hydrogens (tertiary/aromatic N) is 4. The van der Waals surface area contributed by atoms with Gasteiger partial charge in [0.2, 0.25) is 0 Å². The van der Waals surface area contributed by atoms with Gasteiger partial charge in [-0.25, -0.2) is 14.6 Å². The summed E-state index contributed by atoms with van der Waals surface area (Å²) in [7, 11) is 0. The highest BCUT2D eigenvalue weighted by atomic mass is 35.5. The molecule has 1 fully saturated rings. The molecule has 6 nitrogen and oxygen atoms in total. The van der Waals surface area contributed by atoms with Crippen molar-refractivity contribution in [2.24, 2.45) is 0 Å². The van der Waals surface area contributed by atoms with E-state index >= 15 is 0 Å². The molecule has 1 saturated heterocycles. The summed E-state index contributed by atoms with van der Waals surface area (Å²) in [5, 5.41) is 9.54. The molecule has 1 N–H and O–H groups in total. The lowest BCUT2D eigenvalue weighted by Gasteiger charge is -2.13. The second-order valence-electron chi connectivity index (χ2n) is 6.13. The van der Waals surface area contributed by atoms with Crippen LogP contribution in [0.25, 0.3) is 16.7 Å². The van der Waals surface area contributed by atoms with Gasteiger partial charge in [0.15, 0.2) is 5.65 Å². The number of hydrogen-bond donors (Lipinski definition) is 1. The molecule has 25 heavy (non-hydrogen) atoms. The number of halogens is 1. The number of hydrogen-bond acceptors (Lipinski definition) is 5. The van der Waals surface area contributed by atoms with Gasteiger partial charge in [-0.15, -0.1) is 0 Å². The normalized spacial score (nSPS) is 17.3. The van der Waals surface area contributed by atoms with Crippen LogP contribution in [0.15, 0.2) is 30.5 Å². The Morgan fingerprint density at radius 2 is 2.12 bits per heavy atom. The van der Waals surface area contributed by atoms with Crippen molar-refractivity contribution >= 4 is 28.5 Å². The monoisotopic (exact) mass is 357 g/mol. The predicted molar refractivity (Wildman–Crippen MR) is 98.5 cm³/mol. The second kappa shape index (κ2) is 6.98. The van der Waals surface area contributed by atoms with Crippen LogP contribution in [0.1, 0.15) is 25.6 Å². The van der Waals surface area contributed by atoms with Gasteiger partial charge in [-0.05, 0) is 37.1 Å². The number of aromatic nitrogens is 4. The SMILES string of the molecule is CCc1nc(NCC2CCCO2)c2cnn(-c3ccc(Cl)cc3)c2n1. The van der Waals surface area contributed by atoms with E-state index in [0.29, 0.717) is 5.02 Å². The molecule has 7 heteroatoms. The van der Waals surface area contributed by atoms with E-state index in [2.05, 4.69) is 20.4 Å². The smallest absolute Gasteiger partial charge is 0.168 e. The minimum Gasteiger partial charge on any atom is -0.376 e. The zero-order valence-corrected chi connectivity index (χ0v) is 14.8. The molecule has 0 amide bonds. The first kappa shape index (κ1) is 16.3. The minimum atomic E-state index is 0.251. The van der Waals surface area contributed by atoms with Gasteiger partial charge in [-0.2, -0.15) is 5.10 Å². The summed E-state index contributed by atoms with van der Waals surface area (Å²) in [6.07, 6.45) is 5.03. The average molecular weight is 358 g/mol. The molecule has 130 valence electrons. The van der Waals surface area contributed by atoms with Crippen LogP contribution in [0.4, 0.5) is 5.82 Å². The number of nitrogens with one attached hydrogen (secondary N) is 1. The Morgan fingerprint density at radius 3 is 2.84 bits per heavy atom. The molecule has 2 aromatic heterocycles. The topological polar surface area (TPSA) is 64.9 Å². The minimum absolute atomic E-state index is 0.251. The van der Waals surface area contributed by atoms with E-state index in [4.69, 9.17) is 16.3 Å². The summed E-state index contributed by atoms with van der Waals surface area (Å²) < 4.78 is 7.51. The molecule has 3 aromatic rings. The highest BCUT2D eigenvalue weighted by Gasteiger charge is 2.18. The molecule has 1 unspecified atom stereocenters. The Balaban J connectivity index is 1.71. The average Bonchev–Trinajstić information content (AvgIpc) is 3.30. The van der Waals surface area contributed by atoms with Gasteiger partial charge < -0.3 is 10.1 Å². The number of aryl methyl sites for hydroxylation is 1. The lowest BCUT2D eigenvalue weighted by atomic mass is 10.2. The number of anilines is 1. The highest BCUT2D eigenvalue weighted by Crippen LogP contribution is 2.24. The fourth-order valence-corrected chi connectivity index (χ4v) is 3.16. The first-order valence-corrected chi connectivity index (χ1v) is 8.98. The molecular formula is C18H20ClN5O. The Morgan fingerprint density at radius 1 is 1.28 bits per heavy atom. The number of ether oxygens (including phenoxy) is 1. The largest absolute Gasteiger partial charge is 0.376 e. The molecule has 0 radical (unpaired) electrons. The molecular weight excluding hydrogens is 338 g/mol. The van der Waals surface area contributed by atoms with Crippen LogP contribution in [0.2, 0.25) is 5.02 Å². The summed E-state index contributed by atoms with van der Waals surface area (Å²) in [6.45, 7) is 3.65. The highest BCUT2D eigenvalue weighted by molar-refractivity contribution is 6.30. The van der Waals surface area contributed by atoms with Crippen molar-refractivity contribution in [1.82, 2.24) is 19.7 Å². The quantitative estimate of drug-likeness (QED) is 0.755. The molecule has 3 heterocycles. The first-order valence-electron chi connectivity index (χ1n) is 8.60. The van der Waals surface area contributed by atoms with E-state index in [1.54, 1.807) is 6.20 Å². The Labute approximate surface area is 151 Å². The van der Waals surface area contributed by atoms with Gasteiger partial charge in [0.05, 0.1) is 23.4 Å². The lowest BCUT2D eigenvalue weighted by molar-refractivity contribution is 0.120. The van der Waals surface area contributed by atoms with Crippen LogP contribution in [0.3, 0.4) is 0 Å². The summed E-state index contributed by atoms with van der Waals surface area (Å²) in [6, 6.07) is 7.57. The Kier molecular flexibility index (Phi) is 4.55. The van der Waals surface area contributed by atoms with Gasteiger partial charge in [-0.1, -0.05) is 18.5 Å². The fourth-order valence-electron chi connectivity index (χ4n) is 3.03. The van der Waals surface area contributed by atoms with E-state index in [0.717, 1.165) is 60.8 Å². The van der Waals surface area contributed by atoms with Gasteiger partial charge >= 0.3 is 0 Å². The van der Waals surface area contributed by atoms with Crippen molar-refractivity contribution in [3.63, 3.8) is 0 Å². The molecule has 4 rings (SSSR count). The van der Waals surface area contributed by atoms with E-state index in [1.165, 1.54) is 0 Å². The molecule has 0 bridgehead atoms. The van der Waals surface area contributed by atoms with Gasteiger partial charge in [0.25, 0.3) is 0 Å². The maximum atomic E-state index is 5.99. The third-order valence-electron chi connectivity index (χ3n) is 4.38. The molecule has 0 aliphatic carbocycles. The maximum absolute atomic E-state index is 5.99. The van der Waals surface area contributed by atoms with Crippen molar-refractivity contribution in [3.8, 4) is 5.69 Å². The van der Waals surface area contributed by atoms with Crippen molar-refractivity contribution < 1.29 is 4.74 Å². The molecule has 1 aromatic carbocycles. The van der Waals surface area contributed by atoms with Crippen LogP contribution in [0.5, 0.6) is 0 Å². The zero-order chi connectivity index (χ0) is 17.2. The Hall–Kier alpha value is -2.18. The van der Waals surface area contributed by atoms with E-state index in [-0.39, 0.29) is 6.10 Å². The first-order chi connectivity index (χ1) is 12.2. The third-order valence-corrected chi connectivity index (χ3v) is 4.64. The molecule has 1 aliphatic rings. The van der Waals surface area contributed by atoms with Crippen LogP contribution in [0, 0.1) is 0 Å². The lowest BCUT2D eigenvalue weighted by Crippen LogP contribution is -2.19. The van der Waals surface area contributed by atoms with Crippen LogP contribution in [-0.2, 0) is 11.2 Å². The van der Waals surface area contributed by atoms with Gasteiger partial charge in [0.1, 0.15) is 11.6 Å². The van der Waals surface area contributed by atoms with Gasteiger partial charge in [-0.3, -0.25) is 0 Å². The number of benzene rings is 1. The fraction of sp³-hybridized carbons (Fsp3) is 0.389. The number of rotatable bonds is 5. The summed E-state index contributed by atoms with van der Waals surface area (Å²) in [5.41, 5.74) is 1.72. The van der Waals surface area contributed by atoms with E-state index in [1.807, 2.05) is 35.9 Å². The standard InChI is InChI=1S/C18H20ClN5O/c1-2-16-22-17(20-10-14-4-3-9-25-14)15-11-21-24(18(15)23-16)13-7-5-12(19)6-8-13/h5-8,11,14H,2-4,9-10H2,1H3,(H,20,22,23). The summed E-state index contributed by atoms with van der Waals surface area (Å²) >= 11 is 5.99. The summed E-state index contributed by atoms with van der Waals surface area (Å²) in [5.74, 6) is 1.61. The van der Waals surface area contributed by atoms with Crippen molar-refractivity contribution in [3.05, 3.63) is 41.3 Å². The van der Waals surface area contributed by atoms with Crippen LogP contribution in [-0.4, -0.2) is 39.0 Å². The van der Waals surface area contributed by atoms with E-state index in [9.17, 15) is 0 Å². The third kappa shape index (κ3) is 3.32. The van der Waals surface area contributed by atoms with Crippen molar-refractivity contribution in [2.75, 3.05) is 18.5 Å². The maximum Gasteiger partial charge on any atom is 0.168 e. The second-order valence-corrected chi connectivity index (χ2v) is 6.56. The molecule has 0 spiro atoms. The van der Waals surface area contributed by atoms with E-state index < -0.39 is 0 Å². The van der Waals surface area contributed by atoms with Gasteiger partial charge in [0, 0.05) is 24.6 Å². The molecule has 1 atom stereocenters. The number of fused-ring (bicyclic) bond motifs is 1.